The molecule has 0 fully saturated rings. The fourth-order valence-electron chi connectivity index (χ4n) is 1.12. The van der Waals surface area contributed by atoms with E-state index in [0.717, 1.165) is 0 Å². The number of benzene rings is 1. The summed E-state index contributed by atoms with van der Waals surface area (Å²) in [7, 11) is 0. The molecule has 0 radical (unpaired) electrons. The van der Waals surface area contributed by atoms with Crippen LogP contribution in [0.1, 0.15) is 13.8 Å². The molecule has 0 bridgehead atoms. The van der Waals surface area contributed by atoms with Gasteiger partial charge in [-0.1, -0.05) is 18.2 Å². The highest BCUT2D eigenvalue weighted by Gasteiger charge is 2.18. The molecular weight excluding hydrogens is 222 g/mol. The zero-order chi connectivity index (χ0) is 12.7. The molecular formula is C12H15NO4. The predicted molar refractivity (Wildman–Crippen MR) is 62.6 cm³/mol. The number of hydrogen-bond donors (Lipinski definition) is 1. The maximum atomic E-state index is 11.6. The summed E-state index contributed by atoms with van der Waals surface area (Å²) in [5.41, 5.74) is 0.650. The molecule has 1 atom stereocenters. The second-order valence-corrected chi connectivity index (χ2v) is 3.30. The lowest BCUT2D eigenvalue weighted by Crippen LogP contribution is -2.30. The largest absolute Gasteiger partial charge is 0.509 e. The summed E-state index contributed by atoms with van der Waals surface area (Å²) in [5.74, 6) is -0.399. The number of carbonyl (C=O) groups excluding carboxylic acids is 2. The van der Waals surface area contributed by atoms with Crippen LogP contribution in [0.5, 0.6) is 0 Å². The minimum absolute atomic E-state index is 0.214. The molecule has 1 N–H and O–H groups in total. The maximum absolute atomic E-state index is 11.6. The normalized spacial score (nSPS) is 11.4. The van der Waals surface area contributed by atoms with Crippen LogP contribution in [0.15, 0.2) is 30.3 Å². The zero-order valence-corrected chi connectivity index (χ0v) is 9.80. The standard InChI is InChI=1S/C12H15NO4/c1-3-16-12(15)17-9(2)11(14)13-10-7-5-4-6-8-10/h4-9H,3H2,1-2H3,(H,13,14)/t9-/m1/s1. The van der Waals surface area contributed by atoms with Gasteiger partial charge in [-0.2, -0.15) is 0 Å². The Morgan fingerprint density at radius 3 is 2.53 bits per heavy atom. The first-order chi connectivity index (χ1) is 8.13. The van der Waals surface area contributed by atoms with E-state index in [1.807, 2.05) is 6.07 Å². The van der Waals surface area contributed by atoms with Crippen LogP contribution < -0.4 is 5.32 Å². The molecule has 0 aromatic heterocycles. The Bertz CT molecular complexity index is 377. The number of hydrogen-bond acceptors (Lipinski definition) is 4. The molecule has 5 heteroatoms. The fraction of sp³-hybridized carbons (Fsp3) is 0.333. The van der Waals surface area contributed by atoms with Crippen LogP contribution in [0, 0.1) is 0 Å². The Labute approximate surface area is 99.7 Å². The lowest BCUT2D eigenvalue weighted by atomic mass is 10.3. The molecule has 0 aliphatic heterocycles. The van der Waals surface area contributed by atoms with Crippen molar-refractivity contribution >= 4 is 17.7 Å². The summed E-state index contributed by atoms with van der Waals surface area (Å²) in [6.07, 6.45) is -1.74. The molecule has 1 aromatic rings. The highest BCUT2D eigenvalue weighted by molar-refractivity contribution is 5.94. The molecule has 1 rings (SSSR count). The molecule has 0 unspecified atom stereocenters. The molecule has 0 spiro atoms. The average molecular weight is 237 g/mol. The van der Waals surface area contributed by atoms with Crippen molar-refractivity contribution in [2.24, 2.45) is 0 Å². The predicted octanol–water partition coefficient (Wildman–Crippen LogP) is 2.19. The van der Waals surface area contributed by atoms with E-state index in [1.165, 1.54) is 6.92 Å². The van der Waals surface area contributed by atoms with E-state index in [4.69, 9.17) is 4.74 Å². The number of carbonyl (C=O) groups is 2. The van der Waals surface area contributed by atoms with E-state index >= 15 is 0 Å². The molecule has 1 amide bonds. The Balaban J connectivity index is 2.45. The van der Waals surface area contributed by atoms with Crippen LogP contribution in [-0.4, -0.2) is 24.8 Å². The number of ether oxygens (including phenoxy) is 2. The second kappa shape index (κ2) is 6.52. The molecule has 0 aliphatic carbocycles. The van der Waals surface area contributed by atoms with Gasteiger partial charge < -0.3 is 14.8 Å². The summed E-state index contributed by atoms with van der Waals surface area (Å²) >= 11 is 0. The maximum Gasteiger partial charge on any atom is 0.509 e. The summed E-state index contributed by atoms with van der Waals surface area (Å²) in [4.78, 5) is 22.6. The lowest BCUT2D eigenvalue weighted by Gasteiger charge is -2.12. The van der Waals surface area contributed by atoms with Crippen molar-refractivity contribution in [1.29, 1.82) is 0 Å². The third-order valence-corrected chi connectivity index (χ3v) is 1.95. The number of para-hydroxylation sites is 1. The van der Waals surface area contributed by atoms with Gasteiger partial charge in [-0.3, -0.25) is 4.79 Å². The van der Waals surface area contributed by atoms with E-state index in [0.29, 0.717) is 5.69 Å². The van der Waals surface area contributed by atoms with E-state index in [2.05, 4.69) is 10.1 Å². The number of nitrogens with one attached hydrogen (secondary N) is 1. The molecule has 0 saturated heterocycles. The monoisotopic (exact) mass is 237 g/mol. The average Bonchev–Trinajstić information content (AvgIpc) is 2.30. The van der Waals surface area contributed by atoms with Gasteiger partial charge in [-0.05, 0) is 26.0 Å². The quantitative estimate of drug-likeness (QED) is 0.815. The lowest BCUT2D eigenvalue weighted by molar-refractivity contribution is -0.124. The molecule has 1 aromatic carbocycles. The number of anilines is 1. The Hall–Kier alpha value is -2.04. The summed E-state index contributed by atoms with van der Waals surface area (Å²) in [6, 6.07) is 8.93. The molecule has 0 saturated carbocycles. The van der Waals surface area contributed by atoms with Gasteiger partial charge in [-0.25, -0.2) is 4.79 Å². The van der Waals surface area contributed by atoms with Crippen LogP contribution in [0.3, 0.4) is 0 Å². The molecule has 17 heavy (non-hydrogen) atoms. The van der Waals surface area contributed by atoms with Crippen molar-refractivity contribution in [2.45, 2.75) is 20.0 Å². The van der Waals surface area contributed by atoms with Gasteiger partial charge in [0.15, 0.2) is 6.10 Å². The fourth-order valence-corrected chi connectivity index (χ4v) is 1.12. The second-order valence-electron chi connectivity index (χ2n) is 3.30. The smallest absolute Gasteiger partial charge is 0.435 e. The van der Waals surface area contributed by atoms with Crippen molar-refractivity contribution in [3.05, 3.63) is 30.3 Å². The summed E-state index contributed by atoms with van der Waals surface area (Å²) < 4.78 is 9.32. The molecule has 0 heterocycles. The third kappa shape index (κ3) is 4.55. The minimum atomic E-state index is -0.894. The van der Waals surface area contributed by atoms with E-state index in [9.17, 15) is 9.59 Å². The van der Waals surface area contributed by atoms with Crippen LogP contribution in [-0.2, 0) is 14.3 Å². The topological polar surface area (TPSA) is 64.6 Å². The van der Waals surface area contributed by atoms with Gasteiger partial charge in [-0.15, -0.1) is 0 Å². The highest BCUT2D eigenvalue weighted by atomic mass is 16.7. The van der Waals surface area contributed by atoms with Crippen LogP contribution >= 0.6 is 0 Å². The molecule has 5 nitrogen and oxygen atoms in total. The number of rotatable bonds is 4. The Morgan fingerprint density at radius 1 is 1.29 bits per heavy atom. The van der Waals surface area contributed by atoms with Crippen LogP contribution in [0.4, 0.5) is 10.5 Å². The molecule has 92 valence electrons. The van der Waals surface area contributed by atoms with Crippen LogP contribution in [0.25, 0.3) is 0 Å². The van der Waals surface area contributed by atoms with Gasteiger partial charge in [0.25, 0.3) is 5.91 Å². The van der Waals surface area contributed by atoms with Gasteiger partial charge in [0.1, 0.15) is 0 Å². The van der Waals surface area contributed by atoms with Crippen LogP contribution in [0.2, 0.25) is 0 Å². The number of amides is 1. The van der Waals surface area contributed by atoms with Crippen molar-refractivity contribution in [1.82, 2.24) is 0 Å². The van der Waals surface area contributed by atoms with Crippen molar-refractivity contribution < 1.29 is 19.1 Å². The first-order valence-corrected chi connectivity index (χ1v) is 5.32. The van der Waals surface area contributed by atoms with Gasteiger partial charge in [0, 0.05) is 5.69 Å². The minimum Gasteiger partial charge on any atom is -0.435 e. The molecule has 0 aliphatic rings. The third-order valence-electron chi connectivity index (χ3n) is 1.95. The summed E-state index contributed by atoms with van der Waals surface area (Å²) in [5, 5.41) is 2.62. The van der Waals surface area contributed by atoms with Gasteiger partial charge in [0.05, 0.1) is 6.61 Å². The van der Waals surface area contributed by atoms with E-state index in [1.54, 1.807) is 31.2 Å². The zero-order valence-electron chi connectivity index (χ0n) is 9.80. The highest BCUT2D eigenvalue weighted by Crippen LogP contribution is 2.06. The van der Waals surface area contributed by atoms with Gasteiger partial charge in [0.2, 0.25) is 0 Å². The Kier molecular flexibility index (Phi) is 5.00. The summed E-state index contributed by atoms with van der Waals surface area (Å²) in [6.45, 7) is 3.36. The SMILES string of the molecule is CCOC(=O)O[C@H](C)C(=O)Nc1ccccc1. The van der Waals surface area contributed by atoms with Crippen molar-refractivity contribution in [2.75, 3.05) is 11.9 Å². The van der Waals surface area contributed by atoms with E-state index in [-0.39, 0.29) is 6.61 Å². The Morgan fingerprint density at radius 2 is 1.94 bits per heavy atom. The van der Waals surface area contributed by atoms with Crippen molar-refractivity contribution in [3.8, 4) is 0 Å². The first-order valence-electron chi connectivity index (χ1n) is 5.32. The van der Waals surface area contributed by atoms with Gasteiger partial charge >= 0.3 is 6.16 Å². The first kappa shape index (κ1) is 13.0. The van der Waals surface area contributed by atoms with Crippen molar-refractivity contribution in [3.63, 3.8) is 0 Å². The van der Waals surface area contributed by atoms with E-state index < -0.39 is 18.2 Å².